The number of anilines is 1. The first kappa shape index (κ1) is 15.1. The highest BCUT2D eigenvalue weighted by molar-refractivity contribution is 5.59. The first-order valence-corrected chi connectivity index (χ1v) is 6.33. The second kappa shape index (κ2) is 5.99. The molecular weight excluding hydrogens is 283 g/mol. The number of benzene rings is 1. The van der Waals surface area contributed by atoms with Gasteiger partial charge < -0.3 is 10.1 Å². The molecule has 0 atom stereocenters. The minimum absolute atomic E-state index is 0.295. The Labute approximate surface area is 120 Å². The van der Waals surface area contributed by atoms with Gasteiger partial charge in [-0.1, -0.05) is 19.1 Å². The van der Waals surface area contributed by atoms with E-state index in [1.807, 2.05) is 6.92 Å². The van der Waals surface area contributed by atoms with Crippen molar-refractivity contribution < 1.29 is 17.9 Å². The Hall–Kier alpha value is -2.31. The van der Waals surface area contributed by atoms with Crippen LogP contribution in [0.2, 0.25) is 0 Å². The molecule has 1 heterocycles. The summed E-state index contributed by atoms with van der Waals surface area (Å²) in [5, 5.41) is 2.90. The molecule has 0 saturated carbocycles. The van der Waals surface area contributed by atoms with Crippen molar-refractivity contribution in [1.82, 2.24) is 9.97 Å². The van der Waals surface area contributed by atoms with Gasteiger partial charge in [-0.3, -0.25) is 0 Å². The number of aromatic nitrogens is 2. The highest BCUT2D eigenvalue weighted by atomic mass is 19.4. The predicted octanol–water partition coefficient (Wildman–Crippen LogP) is 3.65. The highest BCUT2D eigenvalue weighted by Crippen LogP contribution is 2.27. The van der Waals surface area contributed by atoms with Crippen molar-refractivity contribution in [2.75, 3.05) is 12.4 Å². The molecule has 0 fully saturated rings. The van der Waals surface area contributed by atoms with E-state index in [9.17, 15) is 13.2 Å². The molecule has 0 radical (unpaired) electrons. The molecule has 0 unspecified atom stereocenters. The van der Waals surface area contributed by atoms with Gasteiger partial charge in [-0.05, 0) is 18.6 Å². The van der Waals surface area contributed by atoms with E-state index >= 15 is 0 Å². The van der Waals surface area contributed by atoms with E-state index in [0.717, 1.165) is 5.69 Å². The smallest absolute Gasteiger partial charge is 0.406 e. The van der Waals surface area contributed by atoms with Crippen LogP contribution >= 0.6 is 0 Å². The summed E-state index contributed by atoms with van der Waals surface area (Å²) in [7, 11) is 1.72. The lowest BCUT2D eigenvalue weighted by Crippen LogP contribution is -2.17. The van der Waals surface area contributed by atoms with Gasteiger partial charge in [-0.15, -0.1) is 13.2 Å². The fourth-order valence-electron chi connectivity index (χ4n) is 1.77. The second-order valence-electron chi connectivity index (χ2n) is 4.25. The minimum atomic E-state index is -4.72. The Morgan fingerprint density at radius 2 is 1.95 bits per heavy atom. The molecule has 1 N–H and O–H groups in total. The second-order valence-corrected chi connectivity index (χ2v) is 4.25. The van der Waals surface area contributed by atoms with Crippen LogP contribution in [0.25, 0.3) is 11.4 Å². The topological polar surface area (TPSA) is 47.0 Å². The van der Waals surface area contributed by atoms with Crippen molar-refractivity contribution in [3.8, 4) is 17.1 Å². The number of nitrogens with zero attached hydrogens (tertiary/aromatic N) is 2. The molecule has 0 amide bonds. The molecule has 0 spiro atoms. The Balaban J connectivity index is 2.40. The summed E-state index contributed by atoms with van der Waals surface area (Å²) in [4.78, 5) is 8.57. The molecule has 0 aliphatic heterocycles. The van der Waals surface area contributed by atoms with Gasteiger partial charge in [-0.25, -0.2) is 9.97 Å². The Morgan fingerprint density at radius 3 is 2.57 bits per heavy atom. The number of hydrogen-bond donors (Lipinski definition) is 1. The SMILES string of the molecule is CCc1cc(NC)nc(-c2cccc(OC(F)(F)F)c2)n1. The van der Waals surface area contributed by atoms with Gasteiger partial charge in [0.2, 0.25) is 0 Å². The van der Waals surface area contributed by atoms with Crippen molar-refractivity contribution in [3.63, 3.8) is 0 Å². The van der Waals surface area contributed by atoms with E-state index in [2.05, 4.69) is 20.0 Å². The van der Waals surface area contributed by atoms with E-state index in [0.29, 0.717) is 23.6 Å². The molecule has 7 heteroatoms. The van der Waals surface area contributed by atoms with Crippen LogP contribution in [0.1, 0.15) is 12.6 Å². The number of alkyl halides is 3. The quantitative estimate of drug-likeness (QED) is 0.936. The van der Waals surface area contributed by atoms with E-state index in [1.54, 1.807) is 19.2 Å². The molecule has 1 aromatic heterocycles. The molecule has 112 valence electrons. The maximum absolute atomic E-state index is 12.2. The largest absolute Gasteiger partial charge is 0.573 e. The zero-order valence-corrected chi connectivity index (χ0v) is 11.5. The van der Waals surface area contributed by atoms with Crippen molar-refractivity contribution in [3.05, 3.63) is 36.0 Å². The zero-order chi connectivity index (χ0) is 15.5. The van der Waals surface area contributed by atoms with Crippen LogP contribution in [-0.4, -0.2) is 23.4 Å². The summed E-state index contributed by atoms with van der Waals surface area (Å²) in [5.41, 5.74) is 1.26. The fourth-order valence-corrected chi connectivity index (χ4v) is 1.77. The third-order valence-corrected chi connectivity index (χ3v) is 2.72. The lowest BCUT2D eigenvalue weighted by molar-refractivity contribution is -0.274. The van der Waals surface area contributed by atoms with Crippen molar-refractivity contribution in [2.45, 2.75) is 19.7 Å². The van der Waals surface area contributed by atoms with Gasteiger partial charge in [0.15, 0.2) is 5.82 Å². The van der Waals surface area contributed by atoms with Crippen molar-refractivity contribution >= 4 is 5.82 Å². The van der Waals surface area contributed by atoms with Gasteiger partial charge >= 0.3 is 6.36 Å². The molecule has 2 aromatic rings. The van der Waals surface area contributed by atoms with Crippen LogP contribution in [-0.2, 0) is 6.42 Å². The van der Waals surface area contributed by atoms with Gasteiger partial charge in [-0.2, -0.15) is 0 Å². The Morgan fingerprint density at radius 1 is 1.19 bits per heavy atom. The Kier molecular flexibility index (Phi) is 4.30. The van der Waals surface area contributed by atoms with E-state index in [4.69, 9.17) is 0 Å². The van der Waals surface area contributed by atoms with E-state index in [-0.39, 0.29) is 5.75 Å². The molecule has 0 aliphatic rings. The summed E-state index contributed by atoms with van der Waals surface area (Å²) in [5.74, 6) is 0.668. The number of rotatable bonds is 4. The number of hydrogen-bond acceptors (Lipinski definition) is 4. The molecule has 21 heavy (non-hydrogen) atoms. The van der Waals surface area contributed by atoms with Crippen LogP contribution in [0, 0.1) is 0 Å². The standard InChI is InChI=1S/C14H14F3N3O/c1-3-10-8-12(18-2)20-13(19-10)9-5-4-6-11(7-9)21-14(15,16)17/h4-8H,3H2,1-2H3,(H,18,19,20). The van der Waals surface area contributed by atoms with E-state index < -0.39 is 6.36 Å². The van der Waals surface area contributed by atoms with Gasteiger partial charge in [0, 0.05) is 24.4 Å². The normalized spacial score (nSPS) is 11.3. The van der Waals surface area contributed by atoms with Gasteiger partial charge in [0.05, 0.1) is 0 Å². The molecular formula is C14H14F3N3O. The number of nitrogens with one attached hydrogen (secondary N) is 1. The summed E-state index contributed by atoms with van der Waals surface area (Å²) in [6.45, 7) is 1.94. The van der Waals surface area contributed by atoms with Crippen LogP contribution in [0.15, 0.2) is 30.3 Å². The number of halogens is 3. The first-order chi connectivity index (χ1) is 9.91. The molecule has 0 aliphatic carbocycles. The highest BCUT2D eigenvalue weighted by Gasteiger charge is 2.31. The van der Waals surface area contributed by atoms with Gasteiger partial charge in [0.1, 0.15) is 11.6 Å². The monoisotopic (exact) mass is 297 g/mol. The lowest BCUT2D eigenvalue weighted by Gasteiger charge is -2.10. The molecule has 0 bridgehead atoms. The van der Waals surface area contributed by atoms with Crippen LogP contribution in [0.3, 0.4) is 0 Å². The summed E-state index contributed by atoms with van der Waals surface area (Å²) in [6, 6.07) is 7.40. The zero-order valence-electron chi connectivity index (χ0n) is 11.5. The van der Waals surface area contributed by atoms with Crippen LogP contribution in [0.4, 0.5) is 19.0 Å². The van der Waals surface area contributed by atoms with Crippen molar-refractivity contribution in [1.29, 1.82) is 0 Å². The van der Waals surface area contributed by atoms with Crippen LogP contribution < -0.4 is 10.1 Å². The van der Waals surface area contributed by atoms with Crippen molar-refractivity contribution in [2.24, 2.45) is 0 Å². The maximum atomic E-state index is 12.2. The summed E-state index contributed by atoms with van der Waals surface area (Å²) in [6.07, 6.45) is -4.02. The average Bonchev–Trinajstić information content (AvgIpc) is 2.45. The summed E-state index contributed by atoms with van der Waals surface area (Å²) >= 11 is 0. The average molecular weight is 297 g/mol. The fraction of sp³-hybridized carbons (Fsp3) is 0.286. The molecule has 4 nitrogen and oxygen atoms in total. The first-order valence-electron chi connectivity index (χ1n) is 6.33. The van der Waals surface area contributed by atoms with Crippen LogP contribution in [0.5, 0.6) is 5.75 Å². The Bertz CT molecular complexity index is 607. The third kappa shape index (κ3) is 4.08. The molecule has 2 rings (SSSR count). The predicted molar refractivity (Wildman–Crippen MR) is 73.1 cm³/mol. The number of aryl methyl sites for hydroxylation is 1. The lowest BCUT2D eigenvalue weighted by atomic mass is 10.2. The summed E-state index contributed by atoms with van der Waals surface area (Å²) < 4.78 is 40.7. The molecule has 1 aromatic carbocycles. The maximum Gasteiger partial charge on any atom is 0.573 e. The van der Waals surface area contributed by atoms with Gasteiger partial charge in [0.25, 0.3) is 0 Å². The molecule has 0 saturated heterocycles. The minimum Gasteiger partial charge on any atom is -0.406 e. The third-order valence-electron chi connectivity index (χ3n) is 2.72. The number of ether oxygens (including phenoxy) is 1. The van der Waals surface area contributed by atoms with E-state index in [1.165, 1.54) is 18.2 Å².